The van der Waals surface area contributed by atoms with Gasteiger partial charge in [-0.2, -0.15) is 0 Å². The smallest absolute Gasteiger partial charge is 0.303 e. The minimum absolute atomic E-state index is 0.0810. The molecular weight excluding hydrogens is 396 g/mol. The average Bonchev–Trinajstić information content (AvgIpc) is 3.03. The number of aliphatic hydroxyl groups excluding tert-OH is 1. The van der Waals surface area contributed by atoms with Crippen LogP contribution in [0.25, 0.3) is 0 Å². The van der Waals surface area contributed by atoms with Crippen LogP contribution in [-0.4, -0.2) is 47.1 Å². The van der Waals surface area contributed by atoms with Crippen molar-refractivity contribution in [1.82, 2.24) is 0 Å². The summed E-state index contributed by atoms with van der Waals surface area (Å²) in [6.07, 6.45) is 16.2. The van der Waals surface area contributed by atoms with E-state index >= 15 is 0 Å². The van der Waals surface area contributed by atoms with Gasteiger partial charge in [0.25, 0.3) is 0 Å². The molecule has 1 unspecified atom stereocenters. The molecule has 0 radical (unpaired) electrons. The number of ketones is 1. The number of carboxylic acids is 1. The molecule has 1 saturated heterocycles. The molecule has 176 valence electrons. The molecule has 0 aromatic heterocycles. The summed E-state index contributed by atoms with van der Waals surface area (Å²) in [5.41, 5.74) is 0. The lowest BCUT2D eigenvalue weighted by Gasteiger charge is -2.28. The van der Waals surface area contributed by atoms with Crippen LogP contribution in [-0.2, 0) is 19.1 Å². The second-order valence-corrected chi connectivity index (χ2v) is 8.77. The monoisotopic (exact) mass is 436 g/mol. The summed E-state index contributed by atoms with van der Waals surface area (Å²) in [6.45, 7) is 2.84. The zero-order chi connectivity index (χ0) is 22.5. The highest BCUT2D eigenvalue weighted by Crippen LogP contribution is 2.37. The van der Waals surface area contributed by atoms with Crippen LogP contribution < -0.4 is 0 Å². The van der Waals surface area contributed by atoms with Crippen molar-refractivity contribution in [2.45, 2.75) is 102 Å². The highest BCUT2D eigenvalue weighted by Gasteiger charge is 2.42. The first-order chi connectivity index (χ1) is 15.0. The number of carbonyl (C=O) groups excluding carboxylic acids is 1. The molecule has 1 aliphatic carbocycles. The Morgan fingerprint density at radius 2 is 2.10 bits per heavy atom. The molecule has 2 N–H and O–H groups in total. The number of aliphatic hydroxyl groups is 1. The van der Waals surface area contributed by atoms with Crippen LogP contribution in [0.3, 0.4) is 0 Å². The lowest BCUT2D eigenvalue weighted by molar-refractivity contribution is -0.192. The number of allylic oxidation sites excluding steroid dienone is 2. The summed E-state index contributed by atoms with van der Waals surface area (Å²) in [6, 6.07) is 0. The zero-order valence-corrected chi connectivity index (χ0v) is 18.9. The van der Waals surface area contributed by atoms with Gasteiger partial charge in [0, 0.05) is 31.3 Å². The Bertz CT molecular complexity index is 593. The molecule has 1 aliphatic heterocycles. The number of hydrogen-bond acceptors (Lipinski definition) is 5. The van der Waals surface area contributed by atoms with Crippen LogP contribution in [0.1, 0.15) is 84.0 Å². The van der Waals surface area contributed by atoms with E-state index in [9.17, 15) is 14.7 Å². The van der Waals surface area contributed by atoms with Crippen molar-refractivity contribution in [2.24, 2.45) is 11.8 Å². The second-order valence-electron chi connectivity index (χ2n) is 8.77. The van der Waals surface area contributed by atoms with Gasteiger partial charge >= 0.3 is 5.97 Å². The van der Waals surface area contributed by atoms with Crippen molar-refractivity contribution in [3.05, 3.63) is 24.3 Å². The van der Waals surface area contributed by atoms with Gasteiger partial charge in [-0.05, 0) is 44.9 Å². The van der Waals surface area contributed by atoms with E-state index in [2.05, 4.69) is 6.92 Å². The van der Waals surface area contributed by atoms with Crippen LogP contribution in [0.2, 0.25) is 0 Å². The maximum atomic E-state index is 12.8. The molecule has 1 saturated carbocycles. The van der Waals surface area contributed by atoms with E-state index in [1.165, 1.54) is 0 Å². The normalized spacial score (nSPS) is 28.0. The number of aliphatic carboxylic acids is 1. The van der Waals surface area contributed by atoms with E-state index in [-0.39, 0.29) is 36.4 Å². The van der Waals surface area contributed by atoms with E-state index in [0.29, 0.717) is 32.3 Å². The quantitative estimate of drug-likeness (QED) is 0.300. The van der Waals surface area contributed by atoms with Crippen LogP contribution in [0.5, 0.6) is 0 Å². The van der Waals surface area contributed by atoms with Crippen molar-refractivity contribution in [3.63, 3.8) is 0 Å². The number of Topliss-reactive ketones (excluding diaryl/α,β-unsaturated/α-hetero) is 1. The largest absolute Gasteiger partial charge is 0.481 e. The first kappa shape index (κ1) is 25.8. The van der Waals surface area contributed by atoms with Crippen LogP contribution >= 0.6 is 0 Å². The summed E-state index contributed by atoms with van der Waals surface area (Å²) < 4.78 is 11.9. The fraction of sp³-hybridized carbons (Fsp3) is 0.760. The molecule has 0 aromatic rings. The van der Waals surface area contributed by atoms with Gasteiger partial charge in [0.05, 0.1) is 12.2 Å². The van der Waals surface area contributed by atoms with Gasteiger partial charge in [-0.15, -0.1) is 0 Å². The fourth-order valence-corrected chi connectivity index (χ4v) is 4.35. The van der Waals surface area contributed by atoms with Crippen molar-refractivity contribution in [3.8, 4) is 0 Å². The summed E-state index contributed by atoms with van der Waals surface area (Å²) >= 11 is 0. The second kappa shape index (κ2) is 14.5. The van der Waals surface area contributed by atoms with Gasteiger partial charge < -0.3 is 19.7 Å². The Hall–Kier alpha value is -1.50. The van der Waals surface area contributed by atoms with Gasteiger partial charge in [0.1, 0.15) is 5.78 Å². The lowest BCUT2D eigenvalue weighted by Crippen LogP contribution is -2.30. The number of carboxylic acid groups (broad SMARTS) is 1. The third kappa shape index (κ3) is 9.67. The highest BCUT2D eigenvalue weighted by molar-refractivity contribution is 5.85. The molecule has 5 atom stereocenters. The molecule has 2 fully saturated rings. The molecule has 1 heterocycles. The predicted molar refractivity (Wildman–Crippen MR) is 120 cm³/mol. The third-order valence-corrected chi connectivity index (χ3v) is 6.15. The zero-order valence-electron chi connectivity index (χ0n) is 18.9. The van der Waals surface area contributed by atoms with E-state index < -0.39 is 12.1 Å². The first-order valence-electron chi connectivity index (χ1n) is 12.0. The summed E-state index contributed by atoms with van der Waals surface area (Å²) in [7, 11) is 0. The van der Waals surface area contributed by atoms with Crippen molar-refractivity contribution in [1.29, 1.82) is 0 Å². The maximum Gasteiger partial charge on any atom is 0.303 e. The van der Waals surface area contributed by atoms with Gasteiger partial charge in [-0.1, -0.05) is 50.5 Å². The molecule has 0 spiro atoms. The van der Waals surface area contributed by atoms with Gasteiger partial charge in [0.15, 0.2) is 6.29 Å². The number of unbranched alkanes of at least 4 members (excludes halogenated alkanes) is 3. The fourth-order valence-electron chi connectivity index (χ4n) is 4.35. The molecule has 31 heavy (non-hydrogen) atoms. The van der Waals surface area contributed by atoms with E-state index in [0.717, 1.165) is 44.9 Å². The summed E-state index contributed by atoms with van der Waals surface area (Å²) in [5, 5.41) is 19.0. The maximum absolute atomic E-state index is 12.8. The molecule has 6 heteroatoms. The number of rotatable bonds is 14. The Kier molecular flexibility index (Phi) is 12.1. The van der Waals surface area contributed by atoms with Gasteiger partial charge in [0.2, 0.25) is 0 Å². The Labute approximate surface area is 186 Å². The Morgan fingerprint density at radius 1 is 1.26 bits per heavy atom. The van der Waals surface area contributed by atoms with Gasteiger partial charge in [-0.3, -0.25) is 9.59 Å². The van der Waals surface area contributed by atoms with Crippen molar-refractivity contribution >= 4 is 11.8 Å². The molecule has 2 aliphatic rings. The minimum atomic E-state index is -0.785. The van der Waals surface area contributed by atoms with Crippen LogP contribution in [0.4, 0.5) is 0 Å². The molecule has 0 amide bonds. The van der Waals surface area contributed by atoms with E-state index in [1.807, 2.05) is 24.3 Å². The molecule has 6 nitrogen and oxygen atoms in total. The van der Waals surface area contributed by atoms with Crippen molar-refractivity contribution in [2.75, 3.05) is 6.61 Å². The number of carbonyl (C=O) groups is 2. The number of ether oxygens (including phenoxy) is 2. The first-order valence-corrected chi connectivity index (χ1v) is 12.0. The Balaban J connectivity index is 1.97. The predicted octanol–water partition coefficient (Wildman–Crippen LogP) is 4.80. The molecule has 2 rings (SSSR count). The minimum Gasteiger partial charge on any atom is -0.481 e. The molecule has 0 bridgehead atoms. The van der Waals surface area contributed by atoms with E-state index in [1.54, 1.807) is 0 Å². The average molecular weight is 437 g/mol. The van der Waals surface area contributed by atoms with Gasteiger partial charge in [-0.25, -0.2) is 0 Å². The third-order valence-electron chi connectivity index (χ3n) is 6.15. The summed E-state index contributed by atoms with van der Waals surface area (Å²) in [5.74, 6) is -0.857. The lowest BCUT2D eigenvalue weighted by atomic mass is 9.90. The topological polar surface area (TPSA) is 93.1 Å². The highest BCUT2D eigenvalue weighted by atomic mass is 16.7. The molecule has 0 aromatic carbocycles. The summed E-state index contributed by atoms with van der Waals surface area (Å²) in [4.78, 5) is 23.4. The molecular formula is C25H40O6. The van der Waals surface area contributed by atoms with Crippen molar-refractivity contribution < 1.29 is 29.3 Å². The van der Waals surface area contributed by atoms with Crippen LogP contribution in [0.15, 0.2) is 24.3 Å². The standard InChI is InChI=1S/C25H40O6/c1-2-3-6-11-19(26)15-16-21-20(12-7-4-5-8-13-24(28)29)22(27)18-23(21)31-25-14-9-10-17-30-25/h4,7,15-16,19-21,23,25-26H,2-3,5-6,8-14,17-18H2,1H3,(H,28,29)/b7-4-,16-15+/t19-,20+,21+,23+,25?/m0/s1. The van der Waals surface area contributed by atoms with Crippen LogP contribution in [0, 0.1) is 11.8 Å². The van der Waals surface area contributed by atoms with E-state index in [4.69, 9.17) is 14.6 Å². The number of hydrogen-bond donors (Lipinski definition) is 2. The SMILES string of the molecule is CCCCC[C@H](O)/C=C/[C@H]1[C@H](OC2CCCCO2)CC(=O)[C@@H]1C/C=C\CCCC(=O)O. The Morgan fingerprint density at radius 3 is 2.81 bits per heavy atom.